The zero-order chi connectivity index (χ0) is 13.7. The zero-order valence-electron chi connectivity index (χ0n) is 10.6. The molecule has 1 aromatic heterocycles. The molecule has 0 spiro atoms. The van der Waals surface area contributed by atoms with Gasteiger partial charge >= 0.3 is 5.97 Å². The van der Waals surface area contributed by atoms with E-state index in [1.807, 2.05) is 30.3 Å². The number of carboxylic acids is 1. The summed E-state index contributed by atoms with van der Waals surface area (Å²) in [4.78, 5) is 16.1. The lowest BCUT2D eigenvalue weighted by atomic mass is 10.2. The molecule has 0 aliphatic heterocycles. The van der Waals surface area contributed by atoms with Gasteiger partial charge in [-0.1, -0.05) is 30.3 Å². The monoisotopic (exact) mass is 277 g/mol. The predicted octanol–water partition coefficient (Wildman–Crippen LogP) is 2.51. The van der Waals surface area contributed by atoms with Gasteiger partial charge in [0.25, 0.3) is 0 Å². The van der Waals surface area contributed by atoms with Crippen LogP contribution >= 0.6 is 11.3 Å². The van der Waals surface area contributed by atoms with Gasteiger partial charge in [-0.2, -0.15) is 0 Å². The van der Waals surface area contributed by atoms with E-state index >= 15 is 0 Å². The number of ether oxygens (including phenoxy) is 1. The minimum absolute atomic E-state index is 0.00511. The minimum atomic E-state index is -0.840. The van der Waals surface area contributed by atoms with E-state index in [2.05, 4.69) is 4.98 Å². The predicted molar refractivity (Wildman–Crippen MR) is 73.4 cm³/mol. The quantitative estimate of drug-likeness (QED) is 0.881. The van der Waals surface area contributed by atoms with Gasteiger partial charge in [0.1, 0.15) is 0 Å². The summed E-state index contributed by atoms with van der Waals surface area (Å²) in [7, 11) is 1.58. The summed E-state index contributed by atoms with van der Waals surface area (Å²) in [5.74, 6) is -0.840. The molecule has 1 N–H and O–H groups in total. The molecule has 2 rings (SSSR count). The number of thiazole rings is 1. The number of carboxylic acid groups (broad SMARTS) is 1. The molecule has 0 atom stereocenters. The molecule has 2 aromatic rings. The fourth-order valence-corrected chi connectivity index (χ4v) is 2.90. The van der Waals surface area contributed by atoms with Crippen molar-refractivity contribution in [3.8, 4) is 0 Å². The molecule has 0 bridgehead atoms. The molecular weight excluding hydrogens is 262 g/mol. The highest BCUT2D eigenvalue weighted by Crippen LogP contribution is 2.22. The highest BCUT2D eigenvalue weighted by atomic mass is 32.1. The van der Waals surface area contributed by atoms with Gasteiger partial charge in [-0.15, -0.1) is 11.3 Å². The van der Waals surface area contributed by atoms with Crippen LogP contribution in [0, 0.1) is 0 Å². The van der Waals surface area contributed by atoms with E-state index in [0.717, 1.165) is 22.0 Å². The second-order valence-corrected chi connectivity index (χ2v) is 5.31. The third-order valence-electron chi connectivity index (χ3n) is 2.61. The SMILES string of the molecule is COCc1nc(Cc2ccccc2)sc1CC(=O)O. The Hall–Kier alpha value is -1.72. The summed E-state index contributed by atoms with van der Waals surface area (Å²) in [6.45, 7) is 0.355. The number of rotatable bonds is 6. The largest absolute Gasteiger partial charge is 0.481 e. The topological polar surface area (TPSA) is 59.4 Å². The summed E-state index contributed by atoms with van der Waals surface area (Å²) in [6, 6.07) is 10.0. The third-order valence-corrected chi connectivity index (χ3v) is 3.71. The van der Waals surface area contributed by atoms with Crippen molar-refractivity contribution in [2.24, 2.45) is 0 Å². The van der Waals surface area contributed by atoms with E-state index in [4.69, 9.17) is 9.84 Å². The first-order chi connectivity index (χ1) is 9.19. The summed E-state index contributed by atoms with van der Waals surface area (Å²) in [5, 5.41) is 9.82. The van der Waals surface area contributed by atoms with Crippen LogP contribution in [0.3, 0.4) is 0 Å². The van der Waals surface area contributed by atoms with Crippen LogP contribution in [0.5, 0.6) is 0 Å². The number of hydrogen-bond donors (Lipinski definition) is 1. The Kier molecular flexibility index (Phi) is 4.65. The fraction of sp³-hybridized carbons (Fsp3) is 0.286. The number of aliphatic carboxylic acids is 1. The lowest BCUT2D eigenvalue weighted by molar-refractivity contribution is -0.136. The van der Waals surface area contributed by atoms with Crippen molar-refractivity contribution in [1.82, 2.24) is 4.98 Å². The molecule has 0 saturated heterocycles. The first kappa shape index (κ1) is 13.7. The van der Waals surface area contributed by atoms with Crippen LogP contribution in [0.4, 0.5) is 0 Å². The number of benzene rings is 1. The Balaban J connectivity index is 2.19. The molecule has 100 valence electrons. The first-order valence-electron chi connectivity index (χ1n) is 5.91. The van der Waals surface area contributed by atoms with E-state index in [1.165, 1.54) is 16.9 Å². The molecule has 19 heavy (non-hydrogen) atoms. The van der Waals surface area contributed by atoms with E-state index in [9.17, 15) is 4.79 Å². The number of nitrogens with zero attached hydrogens (tertiary/aromatic N) is 1. The van der Waals surface area contributed by atoms with Crippen LogP contribution < -0.4 is 0 Å². The zero-order valence-corrected chi connectivity index (χ0v) is 11.4. The number of aromatic nitrogens is 1. The molecular formula is C14H15NO3S. The van der Waals surface area contributed by atoms with Crippen molar-refractivity contribution in [1.29, 1.82) is 0 Å². The second-order valence-electron chi connectivity index (χ2n) is 4.14. The van der Waals surface area contributed by atoms with Gasteiger partial charge in [-0.25, -0.2) is 4.98 Å². The van der Waals surface area contributed by atoms with Crippen molar-refractivity contribution in [3.63, 3.8) is 0 Å². The lowest BCUT2D eigenvalue weighted by Gasteiger charge is -1.97. The van der Waals surface area contributed by atoms with Crippen molar-refractivity contribution in [2.45, 2.75) is 19.4 Å². The molecule has 0 unspecified atom stereocenters. The van der Waals surface area contributed by atoms with Gasteiger partial charge in [0.15, 0.2) is 0 Å². The summed E-state index contributed by atoms with van der Waals surface area (Å²) >= 11 is 1.45. The van der Waals surface area contributed by atoms with Gasteiger partial charge in [-0.3, -0.25) is 4.79 Å². The highest BCUT2D eigenvalue weighted by Gasteiger charge is 2.14. The van der Waals surface area contributed by atoms with Gasteiger partial charge in [0, 0.05) is 18.4 Å². The third kappa shape index (κ3) is 3.87. The van der Waals surface area contributed by atoms with E-state index in [0.29, 0.717) is 6.61 Å². The Morgan fingerprint density at radius 2 is 2.11 bits per heavy atom. The molecule has 1 heterocycles. The van der Waals surface area contributed by atoms with Gasteiger partial charge in [0.05, 0.1) is 23.7 Å². The van der Waals surface area contributed by atoms with Gasteiger partial charge < -0.3 is 9.84 Å². The maximum absolute atomic E-state index is 10.8. The number of methoxy groups -OCH3 is 1. The number of hydrogen-bond acceptors (Lipinski definition) is 4. The number of carbonyl (C=O) groups is 1. The Bertz CT molecular complexity index is 551. The molecule has 5 heteroatoms. The minimum Gasteiger partial charge on any atom is -0.481 e. The normalized spacial score (nSPS) is 10.6. The van der Waals surface area contributed by atoms with E-state index < -0.39 is 5.97 Å². The van der Waals surface area contributed by atoms with E-state index in [1.54, 1.807) is 7.11 Å². The molecule has 0 amide bonds. The van der Waals surface area contributed by atoms with Crippen LogP contribution in [-0.2, 0) is 29.0 Å². The molecule has 0 saturated carbocycles. The average molecular weight is 277 g/mol. The first-order valence-corrected chi connectivity index (χ1v) is 6.73. The van der Waals surface area contributed by atoms with Crippen LogP contribution in [-0.4, -0.2) is 23.2 Å². The van der Waals surface area contributed by atoms with Crippen LogP contribution in [0.15, 0.2) is 30.3 Å². The van der Waals surface area contributed by atoms with E-state index in [-0.39, 0.29) is 6.42 Å². The molecule has 0 radical (unpaired) electrons. The average Bonchev–Trinajstić information content (AvgIpc) is 2.72. The highest BCUT2D eigenvalue weighted by molar-refractivity contribution is 7.11. The van der Waals surface area contributed by atoms with Crippen molar-refractivity contribution >= 4 is 17.3 Å². The standard InChI is InChI=1S/C14H15NO3S/c1-18-9-11-12(8-14(16)17)19-13(15-11)7-10-5-3-2-4-6-10/h2-6H,7-9H2,1H3,(H,16,17). The van der Waals surface area contributed by atoms with Gasteiger partial charge in [0.2, 0.25) is 0 Å². The Labute approximate surface area is 115 Å². The fourth-order valence-electron chi connectivity index (χ4n) is 1.81. The van der Waals surface area contributed by atoms with Gasteiger partial charge in [-0.05, 0) is 5.56 Å². The summed E-state index contributed by atoms with van der Waals surface area (Å²) in [6.07, 6.45) is 0.729. The summed E-state index contributed by atoms with van der Waals surface area (Å²) < 4.78 is 5.06. The van der Waals surface area contributed by atoms with Crippen LogP contribution in [0.2, 0.25) is 0 Å². The Morgan fingerprint density at radius 3 is 2.74 bits per heavy atom. The molecule has 0 fully saturated rings. The molecule has 4 nitrogen and oxygen atoms in total. The second kappa shape index (κ2) is 6.45. The van der Waals surface area contributed by atoms with Crippen LogP contribution in [0.1, 0.15) is 21.1 Å². The molecule has 0 aliphatic rings. The smallest absolute Gasteiger partial charge is 0.308 e. The maximum atomic E-state index is 10.8. The van der Waals surface area contributed by atoms with Crippen LogP contribution in [0.25, 0.3) is 0 Å². The Morgan fingerprint density at radius 1 is 1.37 bits per heavy atom. The maximum Gasteiger partial charge on any atom is 0.308 e. The lowest BCUT2D eigenvalue weighted by Crippen LogP contribution is -2.01. The molecule has 0 aliphatic carbocycles. The van der Waals surface area contributed by atoms with Crippen molar-refractivity contribution in [2.75, 3.05) is 7.11 Å². The van der Waals surface area contributed by atoms with Crippen molar-refractivity contribution in [3.05, 3.63) is 51.5 Å². The summed E-state index contributed by atoms with van der Waals surface area (Å²) in [5.41, 5.74) is 1.91. The molecule has 1 aromatic carbocycles. The van der Waals surface area contributed by atoms with Crippen molar-refractivity contribution < 1.29 is 14.6 Å².